The minimum absolute atomic E-state index is 0.196. The number of hydrogen-bond acceptors (Lipinski definition) is 2. The average molecular weight is 161 g/mol. The van der Waals surface area contributed by atoms with Crippen LogP contribution in [0.5, 0.6) is 5.75 Å². The summed E-state index contributed by atoms with van der Waals surface area (Å²) in [5, 5.41) is 10.0. The Hall–Kier alpha value is -1.77. The van der Waals surface area contributed by atoms with Gasteiger partial charge < -0.3 is 10.1 Å². The van der Waals surface area contributed by atoms with E-state index >= 15 is 0 Å². The first-order valence-electron chi connectivity index (χ1n) is 3.56. The zero-order valence-electron chi connectivity index (χ0n) is 6.24. The summed E-state index contributed by atoms with van der Waals surface area (Å²) in [5.74, 6) is 0.196. The molecule has 3 nitrogen and oxygen atoms in total. The first-order chi connectivity index (χ1) is 5.79. The lowest BCUT2D eigenvalue weighted by atomic mass is 10.2. The van der Waals surface area contributed by atoms with Gasteiger partial charge in [0.1, 0.15) is 5.75 Å². The number of phenols is 1. The second-order valence-electron chi connectivity index (χ2n) is 2.61. The predicted molar refractivity (Wildman–Crippen MR) is 45.4 cm³/mol. The van der Waals surface area contributed by atoms with Gasteiger partial charge in [-0.15, -0.1) is 0 Å². The van der Waals surface area contributed by atoms with Crippen molar-refractivity contribution in [2.24, 2.45) is 0 Å². The van der Waals surface area contributed by atoms with E-state index in [2.05, 4.69) is 4.98 Å². The quantitative estimate of drug-likeness (QED) is 0.625. The molecule has 1 aromatic carbocycles. The van der Waals surface area contributed by atoms with Crippen LogP contribution in [0.15, 0.2) is 24.3 Å². The molecular weight excluding hydrogens is 154 g/mol. The van der Waals surface area contributed by atoms with Crippen LogP contribution in [0.2, 0.25) is 0 Å². The number of nitrogens with one attached hydrogen (secondary N) is 1. The zero-order chi connectivity index (χ0) is 8.55. The van der Waals surface area contributed by atoms with Crippen molar-refractivity contribution in [3.8, 4) is 5.75 Å². The molecule has 0 spiro atoms. The summed E-state index contributed by atoms with van der Waals surface area (Å²) < 4.78 is 0. The van der Waals surface area contributed by atoms with Gasteiger partial charge in [0.05, 0.1) is 5.69 Å². The van der Waals surface area contributed by atoms with Gasteiger partial charge in [0, 0.05) is 17.0 Å². The number of carbonyl (C=O) groups excluding carboxylic acids is 1. The predicted octanol–water partition coefficient (Wildman–Crippen LogP) is 1.69. The van der Waals surface area contributed by atoms with Crippen molar-refractivity contribution in [1.29, 1.82) is 0 Å². The molecular formula is C9H7NO2. The molecule has 0 radical (unpaired) electrons. The number of hydrogen-bond donors (Lipinski definition) is 2. The maximum absolute atomic E-state index is 10.4. The van der Waals surface area contributed by atoms with Gasteiger partial charge >= 0.3 is 0 Å². The largest absolute Gasteiger partial charge is 0.508 e. The second-order valence-corrected chi connectivity index (χ2v) is 2.61. The maximum Gasteiger partial charge on any atom is 0.166 e. The summed E-state index contributed by atoms with van der Waals surface area (Å²) in [6.07, 6.45) is 0.747. The third-order valence-electron chi connectivity index (χ3n) is 1.75. The zero-order valence-corrected chi connectivity index (χ0v) is 6.24. The smallest absolute Gasteiger partial charge is 0.166 e. The number of phenolic OH excluding ortho intramolecular Hbond substituents is 1. The Balaban J connectivity index is 2.75. The van der Waals surface area contributed by atoms with Crippen molar-refractivity contribution >= 4 is 17.2 Å². The van der Waals surface area contributed by atoms with Crippen molar-refractivity contribution in [3.63, 3.8) is 0 Å². The number of aromatic nitrogens is 1. The fourth-order valence-corrected chi connectivity index (χ4v) is 1.20. The molecule has 12 heavy (non-hydrogen) atoms. The molecule has 0 aliphatic heterocycles. The number of aromatic amines is 1. The summed E-state index contributed by atoms with van der Waals surface area (Å²) in [7, 11) is 0. The molecule has 0 unspecified atom stereocenters. The molecule has 2 rings (SSSR count). The fourth-order valence-electron chi connectivity index (χ4n) is 1.20. The van der Waals surface area contributed by atoms with E-state index in [-0.39, 0.29) is 5.75 Å². The normalized spacial score (nSPS) is 10.3. The number of aromatic hydroxyl groups is 1. The van der Waals surface area contributed by atoms with Gasteiger partial charge in [-0.05, 0) is 18.2 Å². The lowest BCUT2D eigenvalue weighted by molar-refractivity contribution is 0.112. The molecule has 0 atom stereocenters. The highest BCUT2D eigenvalue weighted by atomic mass is 16.3. The maximum atomic E-state index is 10.4. The number of fused-ring (bicyclic) bond motifs is 1. The molecule has 0 fully saturated rings. The Morgan fingerprint density at radius 3 is 2.92 bits per heavy atom. The van der Waals surface area contributed by atoms with Crippen molar-refractivity contribution in [3.05, 3.63) is 30.0 Å². The number of carbonyl (C=O) groups is 1. The number of H-pyrrole nitrogens is 1. The van der Waals surface area contributed by atoms with Crippen LogP contribution in [0.4, 0.5) is 0 Å². The van der Waals surface area contributed by atoms with Crippen LogP contribution in [0.1, 0.15) is 10.5 Å². The van der Waals surface area contributed by atoms with Crippen molar-refractivity contribution < 1.29 is 9.90 Å². The van der Waals surface area contributed by atoms with Crippen LogP contribution in [0.25, 0.3) is 10.9 Å². The van der Waals surface area contributed by atoms with Gasteiger partial charge in [-0.1, -0.05) is 0 Å². The SMILES string of the molecule is O=Cc1cc2ccc(O)cc2[nH]1. The van der Waals surface area contributed by atoms with Gasteiger partial charge in [0.25, 0.3) is 0 Å². The molecule has 0 aliphatic carbocycles. The van der Waals surface area contributed by atoms with Crippen molar-refractivity contribution in [2.75, 3.05) is 0 Å². The number of benzene rings is 1. The van der Waals surface area contributed by atoms with E-state index in [1.54, 1.807) is 24.3 Å². The molecule has 0 bridgehead atoms. The molecule has 3 heteroatoms. The minimum atomic E-state index is 0.196. The lowest BCUT2D eigenvalue weighted by Gasteiger charge is -1.89. The molecule has 1 aromatic heterocycles. The Kier molecular flexibility index (Phi) is 1.37. The second kappa shape index (κ2) is 2.37. The highest BCUT2D eigenvalue weighted by Gasteiger charge is 1.99. The topological polar surface area (TPSA) is 53.1 Å². The summed E-state index contributed by atoms with van der Waals surface area (Å²) in [5.41, 5.74) is 1.30. The number of rotatable bonds is 1. The van der Waals surface area contributed by atoms with E-state index in [4.69, 9.17) is 5.11 Å². The van der Waals surface area contributed by atoms with E-state index in [0.717, 1.165) is 17.2 Å². The van der Waals surface area contributed by atoms with Gasteiger partial charge in [-0.2, -0.15) is 0 Å². The standard InChI is InChI=1S/C9H7NO2/c11-5-7-3-6-1-2-8(12)4-9(6)10-7/h1-5,10,12H. The summed E-state index contributed by atoms with van der Waals surface area (Å²) >= 11 is 0. The van der Waals surface area contributed by atoms with Crippen LogP contribution < -0.4 is 0 Å². The molecule has 0 amide bonds. The Labute approximate surface area is 68.6 Å². The highest BCUT2D eigenvalue weighted by Crippen LogP contribution is 2.19. The van der Waals surface area contributed by atoms with Crippen LogP contribution in [0, 0.1) is 0 Å². The number of aldehydes is 1. The highest BCUT2D eigenvalue weighted by molar-refractivity contribution is 5.88. The molecule has 60 valence electrons. The van der Waals surface area contributed by atoms with E-state index in [9.17, 15) is 4.79 Å². The fraction of sp³-hybridized carbons (Fsp3) is 0. The summed E-state index contributed by atoms with van der Waals surface area (Å²) in [6, 6.07) is 6.67. The van der Waals surface area contributed by atoms with Gasteiger partial charge in [-0.25, -0.2) is 0 Å². The Morgan fingerprint density at radius 1 is 1.33 bits per heavy atom. The Morgan fingerprint density at radius 2 is 2.17 bits per heavy atom. The van der Waals surface area contributed by atoms with Crippen LogP contribution in [0.3, 0.4) is 0 Å². The third-order valence-corrected chi connectivity index (χ3v) is 1.75. The first kappa shape index (κ1) is 6.91. The van der Waals surface area contributed by atoms with Crippen LogP contribution >= 0.6 is 0 Å². The first-order valence-corrected chi connectivity index (χ1v) is 3.56. The third kappa shape index (κ3) is 0.955. The average Bonchev–Trinajstić information content (AvgIpc) is 2.46. The summed E-state index contributed by atoms with van der Waals surface area (Å²) in [4.78, 5) is 13.2. The van der Waals surface area contributed by atoms with Gasteiger partial charge in [0.2, 0.25) is 0 Å². The Bertz CT molecular complexity index is 431. The van der Waals surface area contributed by atoms with E-state index < -0.39 is 0 Å². The summed E-state index contributed by atoms with van der Waals surface area (Å²) in [6.45, 7) is 0. The van der Waals surface area contributed by atoms with E-state index in [1.807, 2.05) is 0 Å². The van der Waals surface area contributed by atoms with Crippen LogP contribution in [-0.4, -0.2) is 16.4 Å². The van der Waals surface area contributed by atoms with Crippen molar-refractivity contribution in [2.45, 2.75) is 0 Å². The van der Waals surface area contributed by atoms with Gasteiger partial charge in [-0.3, -0.25) is 4.79 Å². The van der Waals surface area contributed by atoms with Crippen LogP contribution in [-0.2, 0) is 0 Å². The van der Waals surface area contributed by atoms with Crippen molar-refractivity contribution in [1.82, 2.24) is 4.98 Å². The van der Waals surface area contributed by atoms with Gasteiger partial charge in [0.15, 0.2) is 6.29 Å². The lowest BCUT2D eigenvalue weighted by Crippen LogP contribution is -1.74. The molecule has 0 aliphatic rings. The molecule has 1 heterocycles. The molecule has 0 saturated carbocycles. The molecule has 0 saturated heterocycles. The van der Waals surface area contributed by atoms with E-state index in [1.165, 1.54) is 0 Å². The molecule has 2 N–H and O–H groups in total. The minimum Gasteiger partial charge on any atom is -0.508 e. The molecule has 2 aromatic rings. The van der Waals surface area contributed by atoms with E-state index in [0.29, 0.717) is 5.69 Å². The monoisotopic (exact) mass is 161 g/mol.